The normalized spacial score (nSPS) is 19.9. The van der Waals surface area contributed by atoms with Gasteiger partial charge >= 0.3 is 0 Å². The Morgan fingerprint density at radius 2 is 1.93 bits per heavy atom. The van der Waals surface area contributed by atoms with Crippen LogP contribution in [0, 0.1) is 5.92 Å². The summed E-state index contributed by atoms with van der Waals surface area (Å²) in [5.74, 6) is 2.83. The number of nitrogens with two attached hydrogens (primary N) is 1. The third-order valence-corrected chi connectivity index (χ3v) is 8.84. The first-order valence-electron chi connectivity index (χ1n) is 14.8. The zero-order valence-electron chi connectivity index (χ0n) is 23.8. The van der Waals surface area contributed by atoms with Gasteiger partial charge in [0.25, 0.3) is 5.91 Å². The Bertz CT molecular complexity index is 1670. The quantitative estimate of drug-likeness (QED) is 0.384. The summed E-state index contributed by atoms with van der Waals surface area (Å²) >= 11 is 0. The molecule has 1 aromatic carbocycles. The number of carbonyl (C=O) groups is 2. The molecular formula is C31H37N7O3. The van der Waals surface area contributed by atoms with E-state index in [1.54, 1.807) is 7.11 Å². The molecule has 10 nitrogen and oxygen atoms in total. The number of ether oxygens (including phenoxy) is 1. The highest BCUT2D eigenvalue weighted by Gasteiger charge is 2.29. The Balaban J connectivity index is 1.33. The van der Waals surface area contributed by atoms with Gasteiger partial charge < -0.3 is 24.5 Å². The van der Waals surface area contributed by atoms with Crippen LogP contribution in [-0.4, -0.2) is 68.6 Å². The van der Waals surface area contributed by atoms with Crippen molar-refractivity contribution in [3.63, 3.8) is 0 Å². The van der Waals surface area contributed by atoms with Gasteiger partial charge in [0.1, 0.15) is 22.7 Å². The Morgan fingerprint density at radius 1 is 1.07 bits per heavy atom. The summed E-state index contributed by atoms with van der Waals surface area (Å²) in [5, 5.41) is 1.02. The van der Waals surface area contributed by atoms with Gasteiger partial charge in [-0.1, -0.05) is 0 Å². The minimum atomic E-state index is -0.0422. The number of piperidine rings is 2. The summed E-state index contributed by atoms with van der Waals surface area (Å²) in [7, 11) is 3.62. The van der Waals surface area contributed by atoms with Crippen LogP contribution in [0.25, 0.3) is 33.6 Å². The topological polar surface area (TPSA) is 112 Å². The van der Waals surface area contributed by atoms with E-state index in [-0.39, 0.29) is 17.9 Å². The molecule has 0 unspecified atom stereocenters. The molecule has 214 valence electrons. The van der Waals surface area contributed by atoms with Gasteiger partial charge in [-0.3, -0.25) is 14.5 Å². The third kappa shape index (κ3) is 4.64. The van der Waals surface area contributed by atoms with Gasteiger partial charge in [0.15, 0.2) is 5.82 Å². The molecule has 2 aliphatic heterocycles. The largest absolute Gasteiger partial charge is 0.494 e. The van der Waals surface area contributed by atoms with Gasteiger partial charge in [0.2, 0.25) is 5.91 Å². The molecule has 10 heteroatoms. The standard InChI is InChI=1S/C31H37N7O3/c1-35-28-23(14-21(16-25(28)41-2)31(40)36-12-5-6-22(32)18-36)33-30(35)24-15-20-10-11-26(37-13-4-3-7-27(37)39)34-29(20)38(24)17-19-8-9-19/h10-11,14-16,19,22H,3-9,12-13,17-18,32H2,1-2H3/t22-/m1/s1. The molecule has 7 rings (SSSR count). The summed E-state index contributed by atoms with van der Waals surface area (Å²) in [6, 6.07) is 9.86. The monoisotopic (exact) mass is 555 g/mol. The van der Waals surface area contributed by atoms with Gasteiger partial charge in [-0.15, -0.1) is 0 Å². The predicted molar refractivity (Wildman–Crippen MR) is 158 cm³/mol. The van der Waals surface area contributed by atoms with E-state index >= 15 is 0 Å². The fourth-order valence-electron chi connectivity index (χ4n) is 6.44. The zero-order valence-corrected chi connectivity index (χ0v) is 23.8. The number of nitrogens with zero attached hydrogens (tertiary/aromatic N) is 6. The average Bonchev–Trinajstić information content (AvgIpc) is 3.65. The van der Waals surface area contributed by atoms with Crippen molar-refractivity contribution in [2.24, 2.45) is 18.7 Å². The number of amides is 2. The van der Waals surface area contributed by atoms with Crippen LogP contribution in [0.1, 0.15) is 55.3 Å². The van der Waals surface area contributed by atoms with E-state index in [0.29, 0.717) is 48.8 Å². The molecule has 0 radical (unpaired) electrons. The zero-order chi connectivity index (χ0) is 28.2. The van der Waals surface area contributed by atoms with Crippen molar-refractivity contribution in [3.05, 3.63) is 35.9 Å². The molecule has 1 saturated carbocycles. The molecule has 5 heterocycles. The summed E-state index contributed by atoms with van der Waals surface area (Å²) in [6.45, 7) is 2.83. The minimum Gasteiger partial charge on any atom is -0.494 e. The number of anilines is 1. The molecule has 1 aliphatic carbocycles. The lowest BCUT2D eigenvalue weighted by atomic mass is 10.0. The lowest BCUT2D eigenvalue weighted by Gasteiger charge is -2.30. The molecule has 1 atom stereocenters. The summed E-state index contributed by atoms with van der Waals surface area (Å²) in [6.07, 6.45) is 6.76. The lowest BCUT2D eigenvalue weighted by molar-refractivity contribution is -0.119. The first-order valence-corrected chi connectivity index (χ1v) is 14.8. The molecule has 4 aromatic rings. The number of fused-ring (bicyclic) bond motifs is 2. The summed E-state index contributed by atoms with van der Waals surface area (Å²) in [5.41, 5.74) is 10.1. The van der Waals surface area contributed by atoms with Crippen LogP contribution in [0.5, 0.6) is 5.75 Å². The highest BCUT2D eigenvalue weighted by atomic mass is 16.5. The van der Waals surface area contributed by atoms with Crippen LogP contribution in [-0.2, 0) is 18.4 Å². The van der Waals surface area contributed by atoms with Crippen LogP contribution < -0.4 is 15.4 Å². The highest BCUT2D eigenvalue weighted by Crippen LogP contribution is 2.38. The van der Waals surface area contributed by atoms with Crippen LogP contribution in [0.2, 0.25) is 0 Å². The van der Waals surface area contributed by atoms with Gasteiger partial charge in [0, 0.05) is 56.6 Å². The van der Waals surface area contributed by atoms with Crippen molar-refractivity contribution in [3.8, 4) is 17.3 Å². The van der Waals surface area contributed by atoms with Crippen LogP contribution in [0.3, 0.4) is 0 Å². The molecule has 3 aromatic heterocycles. The van der Waals surface area contributed by atoms with E-state index in [4.69, 9.17) is 20.4 Å². The number of aryl methyl sites for hydroxylation is 1. The fraction of sp³-hybridized carbons (Fsp3) is 0.484. The van der Waals surface area contributed by atoms with E-state index in [1.807, 2.05) is 39.6 Å². The maximum absolute atomic E-state index is 13.4. The van der Waals surface area contributed by atoms with E-state index < -0.39 is 0 Å². The number of likely N-dealkylation sites (tertiary alicyclic amines) is 1. The first-order chi connectivity index (χ1) is 19.9. The number of hydrogen-bond donors (Lipinski definition) is 1. The van der Waals surface area contributed by atoms with E-state index in [2.05, 4.69) is 16.7 Å². The number of benzene rings is 1. The Kier molecular flexibility index (Phi) is 6.45. The number of rotatable bonds is 6. The van der Waals surface area contributed by atoms with Gasteiger partial charge in [-0.2, -0.15) is 0 Å². The van der Waals surface area contributed by atoms with E-state index in [0.717, 1.165) is 66.1 Å². The number of carbonyl (C=O) groups excluding carboxylic acids is 2. The summed E-state index contributed by atoms with van der Waals surface area (Å²) < 4.78 is 10.1. The molecule has 3 fully saturated rings. The first kappa shape index (κ1) is 26.0. The lowest BCUT2D eigenvalue weighted by Crippen LogP contribution is -2.45. The smallest absolute Gasteiger partial charge is 0.254 e. The fourth-order valence-corrected chi connectivity index (χ4v) is 6.44. The SMILES string of the molecule is COc1cc(C(=O)N2CCC[C@@H](N)C2)cc2nc(-c3cc4ccc(N5CCCCC5=O)nc4n3CC3CC3)n(C)c12. The van der Waals surface area contributed by atoms with Crippen LogP contribution >= 0.6 is 0 Å². The third-order valence-electron chi connectivity index (χ3n) is 8.84. The van der Waals surface area contributed by atoms with Gasteiger partial charge in [-0.25, -0.2) is 9.97 Å². The number of methoxy groups -OCH3 is 1. The molecule has 41 heavy (non-hydrogen) atoms. The van der Waals surface area contributed by atoms with E-state index in [1.165, 1.54) is 12.8 Å². The molecule has 2 saturated heterocycles. The summed E-state index contributed by atoms with van der Waals surface area (Å²) in [4.78, 5) is 39.9. The molecule has 0 bridgehead atoms. The van der Waals surface area contributed by atoms with Crippen molar-refractivity contribution in [2.75, 3.05) is 31.6 Å². The van der Waals surface area contributed by atoms with Gasteiger partial charge in [0.05, 0.1) is 18.3 Å². The molecule has 0 spiro atoms. The maximum atomic E-state index is 13.4. The minimum absolute atomic E-state index is 0.00956. The maximum Gasteiger partial charge on any atom is 0.254 e. The van der Waals surface area contributed by atoms with Gasteiger partial charge in [-0.05, 0) is 74.8 Å². The number of aromatic nitrogens is 4. The Morgan fingerprint density at radius 3 is 2.68 bits per heavy atom. The molecule has 3 aliphatic rings. The second kappa shape index (κ2) is 10.2. The number of imidazole rings is 1. The predicted octanol–water partition coefficient (Wildman–Crippen LogP) is 4.09. The molecule has 2 N–H and O–H groups in total. The van der Waals surface area contributed by atoms with Crippen molar-refractivity contribution in [1.82, 2.24) is 24.0 Å². The highest BCUT2D eigenvalue weighted by molar-refractivity contribution is 6.00. The van der Waals surface area contributed by atoms with Crippen molar-refractivity contribution < 1.29 is 14.3 Å². The van der Waals surface area contributed by atoms with Crippen molar-refractivity contribution >= 4 is 39.7 Å². The van der Waals surface area contributed by atoms with E-state index in [9.17, 15) is 9.59 Å². The second-order valence-electron chi connectivity index (χ2n) is 11.9. The molecular weight excluding hydrogens is 518 g/mol. The number of pyridine rings is 1. The van der Waals surface area contributed by atoms with Crippen LogP contribution in [0.4, 0.5) is 5.82 Å². The second-order valence-corrected chi connectivity index (χ2v) is 11.9. The Hall–Kier alpha value is -3.92. The van der Waals surface area contributed by atoms with Crippen molar-refractivity contribution in [2.45, 2.75) is 57.5 Å². The number of hydrogen-bond acceptors (Lipinski definition) is 6. The van der Waals surface area contributed by atoms with Crippen LogP contribution in [0.15, 0.2) is 30.3 Å². The average molecular weight is 556 g/mol. The van der Waals surface area contributed by atoms with Crippen molar-refractivity contribution in [1.29, 1.82) is 0 Å². The molecule has 2 amide bonds. The Labute approximate surface area is 239 Å².